The highest BCUT2D eigenvalue weighted by atomic mass is 16.5. The Morgan fingerprint density at radius 1 is 1.44 bits per heavy atom. The third kappa shape index (κ3) is 6.84. The van der Waals surface area contributed by atoms with Gasteiger partial charge in [-0.15, -0.1) is 6.42 Å². The number of rotatable bonds is 8. The molecular weight excluding hydrogens is 318 g/mol. The fourth-order valence-electron chi connectivity index (χ4n) is 1.78. The Morgan fingerprint density at radius 2 is 2.12 bits per heavy atom. The molecule has 0 saturated carbocycles. The maximum absolute atomic E-state index is 11.7. The summed E-state index contributed by atoms with van der Waals surface area (Å²) in [6.45, 7) is 7.52. The van der Waals surface area contributed by atoms with Gasteiger partial charge in [0.25, 0.3) is 0 Å². The van der Waals surface area contributed by atoms with Crippen molar-refractivity contribution in [2.45, 2.75) is 39.3 Å². The molecule has 0 heterocycles. The molecule has 25 heavy (non-hydrogen) atoms. The molecule has 0 aliphatic carbocycles. The standard InChI is InChI=1S/C19H25N3O3/c1-6-19(4,5)21-11-16(23)12-25-17-8-7-15(9-14(17)10-20)22-18(24)13(2)3/h1,7-9,13,16,21,23H,11-12H2,2-5H3,(H,22,24)/t16-/m0/s1. The van der Waals surface area contributed by atoms with Crippen LogP contribution in [0.5, 0.6) is 5.75 Å². The van der Waals surface area contributed by atoms with Crippen molar-refractivity contribution in [3.63, 3.8) is 0 Å². The molecule has 6 nitrogen and oxygen atoms in total. The van der Waals surface area contributed by atoms with E-state index in [1.54, 1.807) is 32.0 Å². The molecule has 0 aliphatic rings. The van der Waals surface area contributed by atoms with E-state index in [1.807, 2.05) is 19.9 Å². The number of carbonyl (C=O) groups excluding carboxylic acids is 1. The van der Waals surface area contributed by atoms with Crippen molar-refractivity contribution in [3.8, 4) is 24.2 Å². The van der Waals surface area contributed by atoms with Crippen LogP contribution < -0.4 is 15.4 Å². The summed E-state index contributed by atoms with van der Waals surface area (Å²) in [5.74, 6) is 2.64. The average Bonchev–Trinajstić information content (AvgIpc) is 2.58. The molecule has 1 aromatic carbocycles. The third-order valence-corrected chi connectivity index (χ3v) is 3.46. The Labute approximate surface area is 149 Å². The van der Waals surface area contributed by atoms with Gasteiger partial charge < -0.3 is 15.2 Å². The number of aliphatic hydroxyl groups is 1. The molecule has 0 spiro atoms. The van der Waals surface area contributed by atoms with Crippen LogP contribution in [0, 0.1) is 29.6 Å². The Kier molecular flexibility index (Phi) is 7.44. The summed E-state index contributed by atoms with van der Waals surface area (Å²) in [5.41, 5.74) is 0.293. The normalized spacial score (nSPS) is 12.2. The molecule has 0 radical (unpaired) electrons. The number of anilines is 1. The number of ether oxygens (including phenoxy) is 1. The summed E-state index contributed by atoms with van der Waals surface area (Å²) in [4.78, 5) is 11.7. The molecule has 0 aliphatic heterocycles. The van der Waals surface area contributed by atoms with E-state index in [9.17, 15) is 15.2 Å². The van der Waals surface area contributed by atoms with Crippen LogP contribution in [0.3, 0.4) is 0 Å². The fraction of sp³-hybridized carbons (Fsp3) is 0.474. The molecular formula is C19H25N3O3. The van der Waals surface area contributed by atoms with Crippen LogP contribution in [0.1, 0.15) is 33.3 Å². The Hall–Kier alpha value is -2.54. The van der Waals surface area contributed by atoms with E-state index in [0.29, 0.717) is 11.4 Å². The number of nitrogens with one attached hydrogen (secondary N) is 2. The second-order valence-corrected chi connectivity index (χ2v) is 6.58. The molecule has 1 rings (SSSR count). The predicted octanol–water partition coefficient (Wildman–Crippen LogP) is 1.89. The third-order valence-electron chi connectivity index (χ3n) is 3.46. The minimum atomic E-state index is -0.778. The molecule has 0 unspecified atom stereocenters. The minimum absolute atomic E-state index is 0.0139. The van der Waals surface area contributed by atoms with E-state index in [4.69, 9.17) is 11.2 Å². The molecule has 6 heteroatoms. The Balaban J connectivity index is 2.66. The lowest BCUT2D eigenvalue weighted by Crippen LogP contribution is -2.43. The number of hydrogen-bond donors (Lipinski definition) is 3. The van der Waals surface area contributed by atoms with Gasteiger partial charge in [0.15, 0.2) is 0 Å². The van der Waals surface area contributed by atoms with Gasteiger partial charge in [0.05, 0.1) is 11.1 Å². The predicted molar refractivity (Wildman–Crippen MR) is 97.0 cm³/mol. The number of carbonyl (C=O) groups is 1. The lowest BCUT2D eigenvalue weighted by molar-refractivity contribution is -0.118. The highest BCUT2D eigenvalue weighted by Gasteiger charge is 2.16. The number of β-amino-alcohol motifs (C(OH)–C–C–N with tert-alkyl or cyclic N) is 1. The number of nitrogens with zero attached hydrogens (tertiary/aromatic N) is 1. The summed E-state index contributed by atoms with van der Waals surface area (Å²) in [6, 6.07) is 6.82. The molecule has 1 aromatic rings. The largest absolute Gasteiger partial charge is 0.489 e. The SMILES string of the molecule is C#CC(C)(C)NC[C@H](O)COc1ccc(NC(=O)C(C)C)cc1C#N. The van der Waals surface area contributed by atoms with Crippen LogP contribution in [0.15, 0.2) is 18.2 Å². The number of nitriles is 1. The summed E-state index contributed by atoms with van der Waals surface area (Å²) >= 11 is 0. The number of aliphatic hydroxyl groups excluding tert-OH is 1. The average molecular weight is 343 g/mol. The van der Waals surface area contributed by atoms with Crippen LogP contribution in [0.4, 0.5) is 5.69 Å². The first-order valence-electron chi connectivity index (χ1n) is 8.07. The summed E-state index contributed by atoms with van der Waals surface area (Å²) in [5, 5.41) is 25.0. The molecule has 1 amide bonds. The van der Waals surface area contributed by atoms with Crippen LogP contribution in [-0.4, -0.2) is 35.8 Å². The molecule has 0 aromatic heterocycles. The first-order chi connectivity index (χ1) is 11.7. The van der Waals surface area contributed by atoms with Crippen LogP contribution in [0.25, 0.3) is 0 Å². The highest BCUT2D eigenvalue weighted by molar-refractivity contribution is 5.92. The fourth-order valence-corrected chi connectivity index (χ4v) is 1.78. The smallest absolute Gasteiger partial charge is 0.226 e. The Bertz CT molecular complexity index is 684. The summed E-state index contributed by atoms with van der Waals surface area (Å²) < 4.78 is 5.52. The monoisotopic (exact) mass is 343 g/mol. The Morgan fingerprint density at radius 3 is 2.68 bits per heavy atom. The van der Waals surface area contributed by atoms with Crippen molar-refractivity contribution in [1.82, 2.24) is 5.32 Å². The van der Waals surface area contributed by atoms with Gasteiger partial charge in [0.2, 0.25) is 5.91 Å². The maximum atomic E-state index is 11.7. The molecule has 1 atom stereocenters. The van der Waals surface area contributed by atoms with Gasteiger partial charge in [-0.05, 0) is 32.0 Å². The van der Waals surface area contributed by atoms with Gasteiger partial charge in [0, 0.05) is 18.2 Å². The summed E-state index contributed by atoms with van der Waals surface area (Å²) in [7, 11) is 0. The van der Waals surface area contributed by atoms with Crippen molar-refractivity contribution in [1.29, 1.82) is 5.26 Å². The molecule has 0 fully saturated rings. The number of terminal acetylenes is 1. The lowest BCUT2D eigenvalue weighted by Gasteiger charge is -2.22. The van der Waals surface area contributed by atoms with E-state index in [2.05, 4.69) is 16.6 Å². The zero-order chi connectivity index (χ0) is 19.0. The van der Waals surface area contributed by atoms with Gasteiger partial charge in [-0.25, -0.2) is 0 Å². The zero-order valence-corrected chi connectivity index (χ0v) is 15.1. The maximum Gasteiger partial charge on any atom is 0.226 e. The molecule has 3 N–H and O–H groups in total. The summed E-state index contributed by atoms with van der Waals surface area (Å²) in [6.07, 6.45) is 4.59. The minimum Gasteiger partial charge on any atom is -0.489 e. The van der Waals surface area contributed by atoms with Gasteiger partial charge in [-0.2, -0.15) is 5.26 Å². The topological polar surface area (TPSA) is 94.4 Å². The van der Waals surface area contributed by atoms with Crippen LogP contribution >= 0.6 is 0 Å². The molecule has 0 saturated heterocycles. The van der Waals surface area contributed by atoms with E-state index in [0.717, 1.165) is 0 Å². The van der Waals surface area contributed by atoms with Gasteiger partial charge in [-0.1, -0.05) is 19.8 Å². The second kappa shape index (κ2) is 9.08. The van der Waals surface area contributed by atoms with E-state index >= 15 is 0 Å². The van der Waals surface area contributed by atoms with Crippen molar-refractivity contribution in [2.24, 2.45) is 5.92 Å². The first-order valence-corrected chi connectivity index (χ1v) is 8.07. The van der Waals surface area contributed by atoms with Crippen molar-refractivity contribution < 1.29 is 14.6 Å². The van der Waals surface area contributed by atoms with E-state index in [1.165, 1.54) is 0 Å². The molecule has 0 bridgehead atoms. The first kappa shape index (κ1) is 20.5. The van der Waals surface area contributed by atoms with Crippen molar-refractivity contribution in [3.05, 3.63) is 23.8 Å². The van der Waals surface area contributed by atoms with Crippen LogP contribution in [0.2, 0.25) is 0 Å². The molecule has 134 valence electrons. The number of hydrogen-bond acceptors (Lipinski definition) is 5. The van der Waals surface area contributed by atoms with E-state index < -0.39 is 11.6 Å². The van der Waals surface area contributed by atoms with Gasteiger partial charge in [-0.3, -0.25) is 10.1 Å². The van der Waals surface area contributed by atoms with Gasteiger partial charge >= 0.3 is 0 Å². The highest BCUT2D eigenvalue weighted by Crippen LogP contribution is 2.22. The zero-order valence-electron chi connectivity index (χ0n) is 15.1. The van der Waals surface area contributed by atoms with Crippen molar-refractivity contribution in [2.75, 3.05) is 18.5 Å². The van der Waals surface area contributed by atoms with Crippen molar-refractivity contribution >= 4 is 11.6 Å². The van der Waals surface area contributed by atoms with Crippen LogP contribution in [-0.2, 0) is 4.79 Å². The number of benzene rings is 1. The van der Waals surface area contributed by atoms with E-state index in [-0.39, 0.29) is 30.5 Å². The second-order valence-electron chi connectivity index (χ2n) is 6.58. The lowest BCUT2D eigenvalue weighted by atomic mass is 10.1. The number of amides is 1. The quantitative estimate of drug-likeness (QED) is 0.627. The van der Waals surface area contributed by atoms with Gasteiger partial charge in [0.1, 0.15) is 24.5 Å².